The second-order valence-corrected chi connectivity index (χ2v) is 7.18. The van der Waals surface area contributed by atoms with E-state index in [0.29, 0.717) is 0 Å². The molecular formula is C28H18F2O4. The Morgan fingerprint density at radius 1 is 0.441 bits per heavy atom. The van der Waals surface area contributed by atoms with Crippen molar-refractivity contribution in [1.29, 1.82) is 0 Å². The third-order valence-electron chi connectivity index (χ3n) is 4.83. The van der Waals surface area contributed by atoms with Crippen LogP contribution < -0.4 is 0 Å². The Kier molecular flexibility index (Phi) is 6.89. The smallest absolute Gasteiger partial charge is 0.343 e. The Morgan fingerprint density at radius 3 is 1.09 bits per heavy atom. The summed E-state index contributed by atoms with van der Waals surface area (Å²) >= 11 is 0. The monoisotopic (exact) mass is 456 g/mol. The van der Waals surface area contributed by atoms with Crippen LogP contribution in [0.4, 0.5) is 8.78 Å². The lowest BCUT2D eigenvalue weighted by Gasteiger charge is -2.16. The van der Waals surface area contributed by atoms with Gasteiger partial charge in [0.1, 0.15) is 11.6 Å². The molecule has 0 aliphatic heterocycles. The molecule has 4 aromatic rings. The first kappa shape index (κ1) is 22.6. The van der Waals surface area contributed by atoms with E-state index >= 15 is 0 Å². The maximum absolute atomic E-state index is 13.6. The number of hydrogen-bond donors (Lipinski definition) is 0. The minimum Gasteiger partial charge on any atom is -0.418 e. The molecule has 168 valence electrons. The van der Waals surface area contributed by atoms with E-state index in [1.165, 1.54) is 48.5 Å². The van der Waals surface area contributed by atoms with Crippen molar-refractivity contribution in [3.8, 4) is 0 Å². The summed E-state index contributed by atoms with van der Waals surface area (Å²) in [7, 11) is 0. The first-order valence-corrected chi connectivity index (χ1v) is 10.3. The van der Waals surface area contributed by atoms with Crippen LogP contribution in [-0.2, 0) is 9.47 Å². The topological polar surface area (TPSA) is 52.6 Å². The van der Waals surface area contributed by atoms with Gasteiger partial charge in [0.15, 0.2) is 11.5 Å². The van der Waals surface area contributed by atoms with Crippen LogP contribution in [0.3, 0.4) is 0 Å². The number of rotatable bonds is 6. The Bertz CT molecular complexity index is 1210. The van der Waals surface area contributed by atoms with Crippen molar-refractivity contribution in [3.63, 3.8) is 0 Å². The Balaban J connectivity index is 1.86. The summed E-state index contributed by atoms with van der Waals surface area (Å²) in [6, 6.07) is 26.8. The fourth-order valence-electron chi connectivity index (χ4n) is 3.13. The van der Waals surface area contributed by atoms with Crippen molar-refractivity contribution in [2.75, 3.05) is 0 Å². The van der Waals surface area contributed by atoms with Crippen LogP contribution in [0.25, 0.3) is 11.5 Å². The molecule has 0 N–H and O–H groups in total. The van der Waals surface area contributed by atoms with Crippen molar-refractivity contribution in [2.24, 2.45) is 0 Å². The summed E-state index contributed by atoms with van der Waals surface area (Å²) in [5, 5.41) is 0. The molecule has 0 saturated carbocycles. The van der Waals surface area contributed by atoms with Crippen molar-refractivity contribution in [2.45, 2.75) is 0 Å². The lowest BCUT2D eigenvalue weighted by atomic mass is 10.1. The number of ether oxygens (including phenoxy) is 2. The molecule has 4 nitrogen and oxygen atoms in total. The molecule has 0 bridgehead atoms. The van der Waals surface area contributed by atoms with Gasteiger partial charge in [0.25, 0.3) is 0 Å². The minimum absolute atomic E-state index is 0.121. The first-order valence-electron chi connectivity index (χ1n) is 10.3. The van der Waals surface area contributed by atoms with Crippen LogP contribution in [0.1, 0.15) is 31.8 Å². The van der Waals surface area contributed by atoms with Crippen LogP contribution in [0.5, 0.6) is 0 Å². The highest BCUT2D eigenvalue weighted by molar-refractivity contribution is 6.00. The number of carbonyl (C=O) groups excluding carboxylic acids is 2. The van der Waals surface area contributed by atoms with E-state index in [1.807, 2.05) is 0 Å². The summed E-state index contributed by atoms with van der Waals surface area (Å²) in [5.41, 5.74) is 1.08. The van der Waals surface area contributed by atoms with E-state index in [2.05, 4.69) is 0 Å². The molecule has 34 heavy (non-hydrogen) atoms. The van der Waals surface area contributed by atoms with E-state index in [9.17, 15) is 18.4 Å². The highest BCUT2D eigenvalue weighted by Gasteiger charge is 2.23. The summed E-state index contributed by atoms with van der Waals surface area (Å²) < 4.78 is 38.6. The molecular weight excluding hydrogens is 438 g/mol. The summed E-state index contributed by atoms with van der Waals surface area (Å²) in [5.74, 6) is -2.66. The predicted octanol–water partition coefficient (Wildman–Crippen LogP) is 6.50. The van der Waals surface area contributed by atoms with E-state index in [4.69, 9.17) is 9.47 Å². The molecule has 0 amide bonds. The highest BCUT2D eigenvalue weighted by Crippen LogP contribution is 2.31. The largest absolute Gasteiger partial charge is 0.418 e. The molecule has 6 heteroatoms. The van der Waals surface area contributed by atoms with Crippen LogP contribution in [0, 0.1) is 11.6 Å². The van der Waals surface area contributed by atoms with Gasteiger partial charge in [-0.2, -0.15) is 0 Å². The lowest BCUT2D eigenvalue weighted by Crippen LogP contribution is -2.11. The number of benzene rings is 4. The van der Waals surface area contributed by atoms with Crippen molar-refractivity contribution in [1.82, 2.24) is 0 Å². The average molecular weight is 456 g/mol. The molecule has 0 aliphatic carbocycles. The van der Waals surface area contributed by atoms with Crippen molar-refractivity contribution >= 4 is 23.5 Å². The first-order chi connectivity index (χ1) is 16.5. The van der Waals surface area contributed by atoms with E-state index < -0.39 is 23.6 Å². The molecule has 4 aromatic carbocycles. The third-order valence-corrected chi connectivity index (χ3v) is 4.83. The molecule has 0 saturated heterocycles. The highest BCUT2D eigenvalue weighted by atomic mass is 19.1. The fraction of sp³-hybridized carbons (Fsp3) is 0. The fourth-order valence-corrected chi connectivity index (χ4v) is 3.13. The van der Waals surface area contributed by atoms with E-state index in [0.717, 1.165) is 0 Å². The molecule has 0 aliphatic rings. The van der Waals surface area contributed by atoms with Crippen LogP contribution in [0.15, 0.2) is 109 Å². The van der Waals surface area contributed by atoms with Gasteiger partial charge in [-0.1, -0.05) is 36.4 Å². The van der Waals surface area contributed by atoms with Crippen molar-refractivity contribution < 1.29 is 27.8 Å². The number of halogens is 2. The molecule has 0 atom stereocenters. The van der Waals surface area contributed by atoms with Crippen molar-refractivity contribution in [3.05, 3.63) is 143 Å². The number of esters is 2. The van der Waals surface area contributed by atoms with E-state index in [1.54, 1.807) is 60.7 Å². The Morgan fingerprint density at radius 2 is 0.765 bits per heavy atom. The second-order valence-electron chi connectivity index (χ2n) is 7.18. The second kappa shape index (κ2) is 10.4. The molecule has 0 radical (unpaired) electrons. The number of carbonyl (C=O) groups is 2. The van der Waals surface area contributed by atoms with Gasteiger partial charge in [0.2, 0.25) is 0 Å². The minimum atomic E-state index is -0.713. The van der Waals surface area contributed by atoms with Gasteiger partial charge < -0.3 is 9.47 Å². The van der Waals surface area contributed by atoms with Gasteiger partial charge >= 0.3 is 11.9 Å². The Labute approximate surface area is 194 Å². The predicted molar refractivity (Wildman–Crippen MR) is 123 cm³/mol. The van der Waals surface area contributed by atoms with Gasteiger partial charge in [0.05, 0.1) is 11.1 Å². The number of hydrogen-bond acceptors (Lipinski definition) is 4. The van der Waals surface area contributed by atoms with Gasteiger partial charge in [0, 0.05) is 11.1 Å². The summed E-state index contributed by atoms with van der Waals surface area (Å²) in [4.78, 5) is 25.8. The van der Waals surface area contributed by atoms with Crippen LogP contribution in [0.2, 0.25) is 0 Å². The maximum Gasteiger partial charge on any atom is 0.343 e. The van der Waals surface area contributed by atoms with Gasteiger partial charge in [-0.15, -0.1) is 0 Å². The summed E-state index contributed by atoms with van der Waals surface area (Å²) in [6.45, 7) is 0. The zero-order valence-corrected chi connectivity index (χ0v) is 17.8. The maximum atomic E-state index is 13.6. The lowest BCUT2D eigenvalue weighted by molar-refractivity contribution is 0.0646. The normalized spacial score (nSPS) is 11.4. The quantitative estimate of drug-likeness (QED) is 0.189. The zero-order chi connectivity index (χ0) is 23.9. The molecule has 4 rings (SSSR count). The van der Waals surface area contributed by atoms with Gasteiger partial charge in [-0.3, -0.25) is 0 Å². The molecule has 0 spiro atoms. The molecule has 0 fully saturated rings. The SMILES string of the molecule is O=C(OC(=C(OC(=O)c1ccccc1)c1ccc(F)cc1)c1ccc(F)cc1)c1ccccc1. The standard InChI is InChI=1S/C28H18F2O4/c29-23-15-11-19(12-16-23)25(33-27(31)21-7-3-1-4-8-21)26(20-13-17-24(30)18-14-20)34-28(32)22-9-5-2-6-10-22/h1-18H. The average Bonchev–Trinajstić information content (AvgIpc) is 2.88. The zero-order valence-electron chi connectivity index (χ0n) is 17.8. The molecule has 0 aromatic heterocycles. The molecule has 0 heterocycles. The molecule has 0 unspecified atom stereocenters. The Hall–Kier alpha value is -4.58. The van der Waals surface area contributed by atoms with Gasteiger partial charge in [-0.25, -0.2) is 18.4 Å². The third kappa shape index (κ3) is 5.42. The van der Waals surface area contributed by atoms with Crippen LogP contribution >= 0.6 is 0 Å². The van der Waals surface area contributed by atoms with E-state index in [-0.39, 0.29) is 33.8 Å². The van der Waals surface area contributed by atoms with Crippen LogP contribution in [-0.4, -0.2) is 11.9 Å². The summed E-state index contributed by atoms with van der Waals surface area (Å²) in [6.07, 6.45) is 0. The van der Waals surface area contributed by atoms with Gasteiger partial charge in [-0.05, 0) is 72.8 Å².